The molecule has 7 nitrogen and oxygen atoms in total. The number of hydrogen-bond donors (Lipinski definition) is 0. The lowest BCUT2D eigenvalue weighted by atomic mass is 10.2. The first-order valence-electron chi connectivity index (χ1n) is 7.48. The van der Waals surface area contributed by atoms with E-state index in [1.54, 1.807) is 42.4 Å². The molecule has 0 fully saturated rings. The highest BCUT2D eigenvalue weighted by molar-refractivity contribution is 7.85. The number of hydrogen-bond acceptors (Lipinski definition) is 6. The van der Waals surface area contributed by atoms with Crippen molar-refractivity contribution in [1.82, 2.24) is 4.98 Å². The Bertz CT molecular complexity index is 947. The van der Waals surface area contributed by atoms with Crippen molar-refractivity contribution in [3.8, 4) is 28.5 Å². The summed E-state index contributed by atoms with van der Waals surface area (Å²) >= 11 is 0. The Balaban J connectivity index is 1.75. The molecule has 8 heteroatoms. The molecule has 3 rings (SSSR count). The first-order chi connectivity index (χ1) is 11.9. The van der Waals surface area contributed by atoms with Crippen molar-refractivity contribution >= 4 is 10.1 Å². The molecule has 0 atom stereocenters. The van der Waals surface area contributed by atoms with E-state index in [0.29, 0.717) is 11.7 Å². The number of methoxy groups -OCH3 is 1. The van der Waals surface area contributed by atoms with Gasteiger partial charge in [-0.25, -0.2) is 18.0 Å². The molecule has 0 saturated carbocycles. The number of ether oxygens (including phenoxy) is 1. The van der Waals surface area contributed by atoms with Crippen LogP contribution in [0.3, 0.4) is 0 Å². The molecular formula is C17H16N2O5S. The second-order valence-electron chi connectivity index (χ2n) is 5.34. The van der Waals surface area contributed by atoms with Crippen LogP contribution in [0.2, 0.25) is 0 Å². The Labute approximate surface area is 145 Å². The van der Waals surface area contributed by atoms with Gasteiger partial charge in [-0.15, -0.1) is 0 Å². The molecule has 130 valence electrons. The summed E-state index contributed by atoms with van der Waals surface area (Å²) in [7, 11) is -2.62. The molecule has 3 aromatic rings. The zero-order valence-electron chi connectivity index (χ0n) is 13.5. The predicted octanol–water partition coefficient (Wildman–Crippen LogP) is 1.85. The van der Waals surface area contributed by atoms with Crippen molar-refractivity contribution in [2.24, 2.45) is 0 Å². The molecule has 0 saturated heterocycles. The lowest BCUT2D eigenvalue weighted by Gasteiger charge is -2.03. The van der Waals surface area contributed by atoms with Gasteiger partial charge in [0.1, 0.15) is 15.9 Å². The molecule has 0 aliphatic heterocycles. The topological polar surface area (TPSA) is 96.3 Å². The normalized spacial score (nSPS) is 11.4. The van der Waals surface area contributed by atoms with Crippen LogP contribution in [0, 0.1) is 0 Å². The monoisotopic (exact) mass is 360 g/mol. The van der Waals surface area contributed by atoms with Crippen LogP contribution in [-0.4, -0.2) is 30.8 Å². The summed E-state index contributed by atoms with van der Waals surface area (Å²) in [6, 6.07) is 10.9. The summed E-state index contributed by atoms with van der Waals surface area (Å²) in [5, 5.41) is 0. The fraction of sp³-hybridized carbons (Fsp3) is 0.176. The fourth-order valence-corrected chi connectivity index (χ4v) is 2.70. The highest BCUT2D eigenvalue weighted by Gasteiger charge is 2.11. The van der Waals surface area contributed by atoms with Gasteiger partial charge in [-0.2, -0.15) is 0 Å². The van der Waals surface area contributed by atoms with E-state index in [4.69, 9.17) is 9.15 Å². The van der Waals surface area contributed by atoms with E-state index >= 15 is 0 Å². The van der Waals surface area contributed by atoms with Gasteiger partial charge in [0.25, 0.3) is 0 Å². The second-order valence-corrected chi connectivity index (χ2v) is 6.87. The summed E-state index contributed by atoms with van der Waals surface area (Å²) in [6.07, 6.45) is 5.00. The van der Waals surface area contributed by atoms with Crippen LogP contribution in [0.15, 0.2) is 59.4 Å². The highest BCUT2D eigenvalue weighted by atomic mass is 32.2. The van der Waals surface area contributed by atoms with Crippen LogP contribution >= 0.6 is 0 Å². The Morgan fingerprint density at radius 3 is 2.40 bits per heavy atom. The average Bonchev–Trinajstić information content (AvgIpc) is 3.10. The van der Waals surface area contributed by atoms with E-state index in [2.05, 4.69) is 4.98 Å². The van der Waals surface area contributed by atoms with Crippen LogP contribution < -0.4 is 9.30 Å². The molecule has 0 radical (unpaired) electrons. The van der Waals surface area contributed by atoms with Crippen molar-refractivity contribution in [3.63, 3.8) is 0 Å². The number of nitrogens with zero attached hydrogens (tertiary/aromatic N) is 2. The largest absolute Gasteiger partial charge is 0.748 e. The van der Waals surface area contributed by atoms with Crippen molar-refractivity contribution in [2.45, 2.75) is 6.54 Å². The summed E-state index contributed by atoms with van der Waals surface area (Å²) in [6.45, 7) is 0.106. The van der Waals surface area contributed by atoms with Crippen LogP contribution in [0.4, 0.5) is 0 Å². The Morgan fingerprint density at radius 2 is 1.80 bits per heavy atom. The third-order valence-corrected chi connectivity index (χ3v) is 4.30. The SMILES string of the molecule is COc1ccc(-c2cnc(-c3cc[n+](CCS(=O)(=O)[O-])cc3)o2)cc1. The lowest BCUT2D eigenvalue weighted by Crippen LogP contribution is -2.36. The van der Waals surface area contributed by atoms with Gasteiger partial charge in [-0.05, 0) is 24.3 Å². The predicted molar refractivity (Wildman–Crippen MR) is 88.7 cm³/mol. The molecule has 0 spiro atoms. The van der Waals surface area contributed by atoms with Gasteiger partial charge in [0.05, 0.1) is 19.1 Å². The zero-order valence-corrected chi connectivity index (χ0v) is 14.3. The smallest absolute Gasteiger partial charge is 0.227 e. The van der Waals surface area contributed by atoms with Crippen LogP contribution in [-0.2, 0) is 16.7 Å². The molecule has 2 heterocycles. The first-order valence-corrected chi connectivity index (χ1v) is 9.06. The van der Waals surface area contributed by atoms with Gasteiger partial charge in [0.2, 0.25) is 5.89 Å². The molecule has 25 heavy (non-hydrogen) atoms. The standard InChI is InChI=1S/C17H16N2O5S/c1-23-15-4-2-13(3-5-15)16-12-18-17(24-16)14-6-8-19(9-7-14)10-11-25(20,21)22/h2-9,12H,10-11H2,1H3. The Kier molecular flexibility index (Phi) is 4.82. The van der Waals surface area contributed by atoms with Crippen molar-refractivity contribution in [2.75, 3.05) is 12.9 Å². The van der Waals surface area contributed by atoms with Gasteiger partial charge >= 0.3 is 0 Å². The van der Waals surface area contributed by atoms with Crippen LogP contribution in [0.25, 0.3) is 22.8 Å². The van der Waals surface area contributed by atoms with E-state index in [9.17, 15) is 13.0 Å². The zero-order chi connectivity index (χ0) is 17.9. The maximum absolute atomic E-state index is 10.7. The maximum Gasteiger partial charge on any atom is 0.227 e. The van der Waals surface area contributed by atoms with Crippen molar-refractivity contribution in [3.05, 3.63) is 55.0 Å². The molecule has 1 aromatic carbocycles. The molecule has 2 aromatic heterocycles. The molecule has 0 unspecified atom stereocenters. The van der Waals surface area contributed by atoms with Gasteiger partial charge in [-0.3, -0.25) is 0 Å². The average molecular weight is 360 g/mol. The third-order valence-electron chi connectivity index (χ3n) is 3.62. The van der Waals surface area contributed by atoms with Gasteiger partial charge < -0.3 is 13.7 Å². The van der Waals surface area contributed by atoms with E-state index in [0.717, 1.165) is 16.9 Å². The molecule has 0 N–H and O–H groups in total. The number of benzene rings is 1. The number of pyridine rings is 1. The summed E-state index contributed by atoms with van der Waals surface area (Å²) in [4.78, 5) is 4.27. The Morgan fingerprint density at radius 1 is 1.12 bits per heavy atom. The molecular weight excluding hydrogens is 344 g/mol. The van der Waals surface area contributed by atoms with E-state index in [1.165, 1.54) is 0 Å². The fourth-order valence-electron chi connectivity index (χ4n) is 2.26. The minimum Gasteiger partial charge on any atom is -0.748 e. The minimum absolute atomic E-state index is 0.106. The maximum atomic E-state index is 10.7. The quantitative estimate of drug-likeness (QED) is 0.492. The third kappa shape index (κ3) is 4.43. The summed E-state index contributed by atoms with van der Waals surface area (Å²) < 4.78 is 44.5. The molecule has 0 aliphatic rings. The number of oxazole rings is 1. The molecule has 0 amide bonds. The van der Waals surface area contributed by atoms with Gasteiger partial charge in [0, 0.05) is 23.3 Å². The van der Waals surface area contributed by atoms with Crippen molar-refractivity contribution in [1.29, 1.82) is 0 Å². The van der Waals surface area contributed by atoms with E-state index < -0.39 is 15.9 Å². The van der Waals surface area contributed by atoms with Gasteiger partial charge in [-0.1, -0.05) is 0 Å². The van der Waals surface area contributed by atoms with Crippen LogP contribution in [0.5, 0.6) is 5.75 Å². The second kappa shape index (κ2) is 7.04. The van der Waals surface area contributed by atoms with Gasteiger partial charge in [0.15, 0.2) is 24.7 Å². The molecule has 0 aliphatic carbocycles. The minimum atomic E-state index is -4.23. The Hall–Kier alpha value is -2.71. The number of rotatable bonds is 6. The first kappa shape index (κ1) is 17.1. The van der Waals surface area contributed by atoms with Crippen LogP contribution in [0.1, 0.15) is 0 Å². The molecule has 0 bridgehead atoms. The highest BCUT2D eigenvalue weighted by Crippen LogP contribution is 2.26. The van der Waals surface area contributed by atoms with E-state index in [-0.39, 0.29) is 6.54 Å². The summed E-state index contributed by atoms with van der Waals surface area (Å²) in [5.74, 6) is 1.40. The summed E-state index contributed by atoms with van der Waals surface area (Å²) in [5.41, 5.74) is 1.63. The lowest BCUT2D eigenvalue weighted by molar-refractivity contribution is -0.692. The number of aryl methyl sites for hydroxylation is 1. The van der Waals surface area contributed by atoms with E-state index in [1.807, 2.05) is 24.3 Å². The number of aromatic nitrogens is 2. The van der Waals surface area contributed by atoms with Crippen molar-refractivity contribution < 1.29 is 26.7 Å².